The summed E-state index contributed by atoms with van der Waals surface area (Å²) in [6.07, 6.45) is 6.76. The van der Waals surface area contributed by atoms with Gasteiger partial charge in [-0.1, -0.05) is 6.08 Å². The van der Waals surface area contributed by atoms with Gasteiger partial charge in [0.1, 0.15) is 0 Å². The van der Waals surface area contributed by atoms with Gasteiger partial charge < -0.3 is 20.2 Å². The van der Waals surface area contributed by atoms with Gasteiger partial charge in [-0.05, 0) is 41.3 Å². The van der Waals surface area contributed by atoms with Crippen LogP contribution < -0.4 is 5.32 Å². The molecule has 0 radical (unpaired) electrons. The van der Waals surface area contributed by atoms with Gasteiger partial charge in [-0.25, -0.2) is 9.59 Å². The van der Waals surface area contributed by atoms with E-state index in [4.69, 9.17) is 5.11 Å². The van der Waals surface area contributed by atoms with Gasteiger partial charge in [0, 0.05) is 38.6 Å². The molecule has 138 valence electrons. The highest BCUT2D eigenvalue weighted by molar-refractivity contribution is 5.89. The van der Waals surface area contributed by atoms with Gasteiger partial charge >= 0.3 is 12.1 Å². The summed E-state index contributed by atoms with van der Waals surface area (Å²) in [5.74, 6) is 0. The Morgan fingerprint density at radius 1 is 1.07 bits per heavy atom. The smallest absolute Gasteiger partial charge is 0.407 e. The Hall–Kier alpha value is -3.42. The second kappa shape index (κ2) is 7.06. The summed E-state index contributed by atoms with van der Waals surface area (Å²) in [5, 5.41) is 11.9. The van der Waals surface area contributed by atoms with Crippen molar-refractivity contribution < 1.29 is 14.7 Å². The molecule has 8 nitrogen and oxygen atoms in total. The number of nitrogens with zero attached hydrogens (tertiary/aromatic N) is 4. The summed E-state index contributed by atoms with van der Waals surface area (Å²) < 4.78 is 0. The molecular formula is C19H19N5O3. The van der Waals surface area contributed by atoms with Crippen molar-refractivity contribution in [3.8, 4) is 0 Å². The molecule has 2 aromatic rings. The molecule has 4 heterocycles. The maximum atomic E-state index is 12.5. The van der Waals surface area contributed by atoms with E-state index >= 15 is 0 Å². The van der Waals surface area contributed by atoms with Crippen LogP contribution in [0.3, 0.4) is 0 Å². The highest BCUT2D eigenvalue weighted by Crippen LogP contribution is 2.24. The summed E-state index contributed by atoms with van der Waals surface area (Å²) >= 11 is 0. The van der Waals surface area contributed by atoms with E-state index in [0.717, 1.165) is 22.4 Å². The Kier molecular flexibility index (Phi) is 4.45. The van der Waals surface area contributed by atoms with Crippen LogP contribution in [0, 0.1) is 0 Å². The minimum Gasteiger partial charge on any atom is -0.465 e. The lowest BCUT2D eigenvalue weighted by atomic mass is 10.0. The van der Waals surface area contributed by atoms with Crippen molar-refractivity contribution in [2.45, 2.75) is 19.5 Å². The number of carbonyl (C=O) groups excluding carboxylic acids is 1. The number of rotatable bonds is 2. The van der Waals surface area contributed by atoms with Crippen LogP contribution in [0.15, 0.2) is 42.9 Å². The number of nitrogens with one attached hydrogen (secondary N) is 1. The molecule has 0 aliphatic carbocycles. The lowest BCUT2D eigenvalue weighted by Crippen LogP contribution is -2.33. The Morgan fingerprint density at radius 3 is 2.59 bits per heavy atom. The van der Waals surface area contributed by atoms with E-state index < -0.39 is 6.09 Å². The van der Waals surface area contributed by atoms with Crippen molar-refractivity contribution in [3.63, 3.8) is 0 Å². The molecule has 0 saturated heterocycles. The average Bonchev–Trinajstić information content (AvgIpc) is 3.13. The van der Waals surface area contributed by atoms with Crippen molar-refractivity contribution in [3.05, 3.63) is 59.7 Å². The number of urea groups is 1. The number of amides is 3. The molecule has 8 heteroatoms. The minimum absolute atomic E-state index is 0.172. The molecule has 27 heavy (non-hydrogen) atoms. The normalized spacial score (nSPS) is 15.9. The van der Waals surface area contributed by atoms with Crippen LogP contribution >= 0.6 is 0 Å². The molecule has 0 aromatic carbocycles. The fraction of sp³-hybridized carbons (Fsp3) is 0.263. The maximum Gasteiger partial charge on any atom is 0.407 e. The van der Waals surface area contributed by atoms with Gasteiger partial charge in [-0.15, -0.1) is 0 Å². The molecule has 3 amide bonds. The van der Waals surface area contributed by atoms with Gasteiger partial charge in [0.25, 0.3) is 0 Å². The van der Waals surface area contributed by atoms with Crippen molar-refractivity contribution >= 4 is 23.4 Å². The maximum absolute atomic E-state index is 12.5. The molecule has 2 aromatic heterocycles. The number of hydrogen-bond acceptors (Lipinski definition) is 4. The van der Waals surface area contributed by atoms with Gasteiger partial charge in [-0.3, -0.25) is 9.97 Å². The molecule has 2 N–H and O–H groups in total. The average molecular weight is 365 g/mol. The highest BCUT2D eigenvalue weighted by atomic mass is 16.4. The molecule has 0 atom stereocenters. The zero-order chi connectivity index (χ0) is 18.8. The second-order valence-electron chi connectivity index (χ2n) is 6.57. The minimum atomic E-state index is -0.906. The lowest BCUT2D eigenvalue weighted by molar-refractivity contribution is 0.150. The standard InChI is InChI=1S/C19H19N5O3/c25-18(24-11-14-3-6-20-9-15(14)12-24)22-16-1-2-17(21-10-16)13-4-7-23(8-5-13)19(26)27/h1-4,6,9-10H,5,7-8,11-12H2,(H,22,25)(H,26,27). The molecule has 0 unspecified atom stereocenters. The summed E-state index contributed by atoms with van der Waals surface area (Å²) in [7, 11) is 0. The number of aromatic nitrogens is 2. The molecule has 0 bridgehead atoms. The molecule has 2 aliphatic rings. The fourth-order valence-electron chi connectivity index (χ4n) is 3.30. The number of fused-ring (bicyclic) bond motifs is 1. The first-order valence-corrected chi connectivity index (χ1v) is 8.71. The Bertz CT molecular complexity index is 885. The van der Waals surface area contributed by atoms with Crippen LogP contribution in [-0.4, -0.2) is 50.1 Å². The van der Waals surface area contributed by atoms with E-state index in [9.17, 15) is 9.59 Å². The van der Waals surface area contributed by atoms with Crippen LogP contribution in [0.2, 0.25) is 0 Å². The first kappa shape index (κ1) is 17.0. The Morgan fingerprint density at radius 2 is 1.93 bits per heavy atom. The number of carbonyl (C=O) groups is 2. The van der Waals surface area contributed by atoms with Crippen LogP contribution in [0.25, 0.3) is 5.57 Å². The third kappa shape index (κ3) is 3.59. The zero-order valence-corrected chi connectivity index (χ0v) is 14.6. The Labute approximate surface area is 156 Å². The molecular weight excluding hydrogens is 346 g/mol. The van der Waals surface area contributed by atoms with Crippen LogP contribution in [0.1, 0.15) is 23.2 Å². The van der Waals surface area contributed by atoms with Crippen LogP contribution in [-0.2, 0) is 13.1 Å². The first-order valence-electron chi connectivity index (χ1n) is 8.71. The van der Waals surface area contributed by atoms with Crippen molar-refractivity contribution in [2.75, 3.05) is 18.4 Å². The number of hydrogen-bond donors (Lipinski definition) is 2. The molecule has 0 spiro atoms. The largest absolute Gasteiger partial charge is 0.465 e. The number of carboxylic acid groups (broad SMARTS) is 1. The van der Waals surface area contributed by atoms with Crippen molar-refractivity contribution in [1.82, 2.24) is 19.8 Å². The summed E-state index contributed by atoms with van der Waals surface area (Å²) in [5.41, 5.74) is 4.64. The van der Waals surface area contributed by atoms with E-state index in [2.05, 4.69) is 15.3 Å². The fourth-order valence-corrected chi connectivity index (χ4v) is 3.30. The van der Waals surface area contributed by atoms with Crippen LogP contribution in [0.4, 0.5) is 15.3 Å². The second-order valence-corrected chi connectivity index (χ2v) is 6.57. The van der Waals surface area contributed by atoms with Gasteiger partial charge in [-0.2, -0.15) is 0 Å². The third-order valence-electron chi connectivity index (χ3n) is 4.84. The van der Waals surface area contributed by atoms with E-state index in [1.807, 2.05) is 24.3 Å². The number of anilines is 1. The van der Waals surface area contributed by atoms with Crippen molar-refractivity contribution in [1.29, 1.82) is 0 Å². The van der Waals surface area contributed by atoms with Crippen LogP contribution in [0.5, 0.6) is 0 Å². The predicted molar refractivity (Wildman–Crippen MR) is 98.9 cm³/mol. The van der Waals surface area contributed by atoms with E-state index in [0.29, 0.717) is 38.3 Å². The zero-order valence-electron chi connectivity index (χ0n) is 14.6. The summed E-state index contributed by atoms with van der Waals surface area (Å²) in [4.78, 5) is 35.0. The van der Waals surface area contributed by atoms with Crippen molar-refractivity contribution in [2.24, 2.45) is 0 Å². The SMILES string of the molecule is O=C(O)N1CC=C(c2ccc(NC(=O)N3Cc4ccncc4C3)cn2)CC1. The lowest BCUT2D eigenvalue weighted by Gasteiger charge is -2.23. The third-order valence-corrected chi connectivity index (χ3v) is 4.84. The quantitative estimate of drug-likeness (QED) is 0.853. The first-order chi connectivity index (χ1) is 13.1. The summed E-state index contributed by atoms with van der Waals surface area (Å²) in [6, 6.07) is 5.42. The Balaban J connectivity index is 1.37. The molecule has 4 rings (SSSR count). The highest BCUT2D eigenvalue weighted by Gasteiger charge is 2.23. The molecule has 0 saturated carbocycles. The van der Waals surface area contributed by atoms with E-state index in [1.165, 1.54) is 4.90 Å². The predicted octanol–water partition coefficient (Wildman–Crippen LogP) is 2.79. The topological polar surface area (TPSA) is 98.7 Å². The van der Waals surface area contributed by atoms with Gasteiger partial charge in [0.15, 0.2) is 0 Å². The summed E-state index contributed by atoms with van der Waals surface area (Å²) in [6.45, 7) is 1.95. The van der Waals surface area contributed by atoms with E-state index in [1.54, 1.807) is 23.5 Å². The monoisotopic (exact) mass is 365 g/mol. The van der Waals surface area contributed by atoms with Gasteiger partial charge in [0.05, 0.1) is 17.6 Å². The van der Waals surface area contributed by atoms with E-state index in [-0.39, 0.29) is 6.03 Å². The number of pyridine rings is 2. The molecule has 0 fully saturated rings. The molecule has 2 aliphatic heterocycles. The van der Waals surface area contributed by atoms with Gasteiger partial charge in [0.2, 0.25) is 0 Å².